The van der Waals surface area contributed by atoms with E-state index < -0.39 is 0 Å². The zero-order valence-corrected chi connectivity index (χ0v) is 20.6. The Kier molecular flexibility index (Phi) is 5.77. The fourth-order valence-electron chi connectivity index (χ4n) is 5.31. The summed E-state index contributed by atoms with van der Waals surface area (Å²) in [7, 11) is 4.22. The first-order valence-electron chi connectivity index (χ1n) is 12.5. The lowest BCUT2D eigenvalue weighted by Crippen LogP contribution is -2.47. The number of fused-ring (bicyclic) bond motifs is 2. The highest BCUT2D eigenvalue weighted by Gasteiger charge is 2.22. The molecule has 0 amide bonds. The average molecular weight is 472 g/mol. The minimum atomic E-state index is 0.760. The highest BCUT2D eigenvalue weighted by molar-refractivity contribution is 5.67. The predicted octanol–water partition coefficient (Wildman–Crippen LogP) is 2.78. The Labute approximate surface area is 206 Å². The van der Waals surface area contributed by atoms with Crippen LogP contribution in [-0.2, 0) is 26.6 Å². The number of benzene rings is 1. The zero-order chi connectivity index (χ0) is 23.8. The predicted molar refractivity (Wildman–Crippen MR) is 139 cm³/mol. The molecular weight excluding hydrogens is 438 g/mol. The van der Waals surface area contributed by atoms with Gasteiger partial charge in [0.25, 0.3) is 0 Å². The van der Waals surface area contributed by atoms with Gasteiger partial charge in [-0.05, 0) is 36.6 Å². The molecule has 2 aliphatic heterocycles. The number of nitrogens with zero attached hydrogens (tertiary/aromatic N) is 8. The first-order chi connectivity index (χ1) is 17.2. The molecule has 1 fully saturated rings. The van der Waals surface area contributed by atoms with Gasteiger partial charge in [0.2, 0.25) is 5.95 Å². The summed E-state index contributed by atoms with van der Waals surface area (Å²) in [6.07, 6.45) is 10.2. The molecule has 0 radical (unpaired) electrons. The summed E-state index contributed by atoms with van der Waals surface area (Å²) in [6.45, 7) is 6.64. The third-order valence-corrected chi connectivity index (χ3v) is 7.25. The number of imidazole rings is 2. The number of aromatic nitrogens is 5. The normalized spacial score (nSPS) is 16.3. The van der Waals surface area contributed by atoms with Crippen LogP contribution in [0.5, 0.6) is 0 Å². The first-order valence-corrected chi connectivity index (χ1v) is 12.5. The van der Waals surface area contributed by atoms with Gasteiger partial charge < -0.3 is 19.7 Å². The van der Waals surface area contributed by atoms with Gasteiger partial charge in [0.1, 0.15) is 5.65 Å². The number of hydrogen-bond acceptors (Lipinski definition) is 7. The first kappa shape index (κ1) is 21.9. The Morgan fingerprint density at radius 2 is 2.00 bits per heavy atom. The molecule has 0 spiro atoms. The van der Waals surface area contributed by atoms with Crippen LogP contribution in [-0.4, -0.2) is 68.6 Å². The molecule has 0 unspecified atom stereocenters. The lowest BCUT2D eigenvalue weighted by molar-refractivity contribution is 0.243. The highest BCUT2D eigenvalue weighted by Crippen LogP contribution is 2.31. The largest absolute Gasteiger partial charge is 0.385 e. The van der Waals surface area contributed by atoms with Gasteiger partial charge in [-0.1, -0.05) is 6.07 Å². The van der Waals surface area contributed by atoms with Crippen molar-refractivity contribution in [2.75, 3.05) is 54.9 Å². The summed E-state index contributed by atoms with van der Waals surface area (Å²) in [4.78, 5) is 21.1. The Hall–Kier alpha value is -3.59. The molecule has 0 aliphatic carbocycles. The van der Waals surface area contributed by atoms with Crippen molar-refractivity contribution >= 4 is 23.0 Å². The second kappa shape index (κ2) is 9.22. The van der Waals surface area contributed by atoms with Gasteiger partial charge in [0.05, 0.1) is 24.3 Å². The molecule has 5 heterocycles. The van der Waals surface area contributed by atoms with Crippen molar-refractivity contribution in [3.63, 3.8) is 0 Å². The van der Waals surface area contributed by atoms with Crippen LogP contribution in [0.25, 0.3) is 5.65 Å². The number of piperazine rings is 1. The third-order valence-electron chi connectivity index (χ3n) is 7.25. The van der Waals surface area contributed by atoms with E-state index >= 15 is 0 Å². The standard InChI is InChI=1S/C26H33N9/c1-31(24-7-3-6-23-22(24)5-4-9-28-23)16-20-17-35-25(30-20)8-10-29-26(35)34-13-11-33(12-14-34)18-21-15-27-19-32(21)2/h3,6-8,10,15,17,19,28H,4-5,9,11-14,16,18H2,1-2H3. The number of hydrogen-bond donors (Lipinski definition) is 1. The molecule has 182 valence electrons. The lowest BCUT2D eigenvalue weighted by atomic mass is 10.0. The van der Waals surface area contributed by atoms with Crippen LogP contribution >= 0.6 is 0 Å². The zero-order valence-electron chi connectivity index (χ0n) is 20.6. The smallest absolute Gasteiger partial charge is 0.211 e. The van der Waals surface area contributed by atoms with Crippen LogP contribution in [0.15, 0.2) is 49.2 Å². The summed E-state index contributed by atoms with van der Waals surface area (Å²) in [5.74, 6) is 0.977. The van der Waals surface area contributed by atoms with Crippen molar-refractivity contribution in [3.05, 3.63) is 66.1 Å². The van der Waals surface area contributed by atoms with E-state index in [0.29, 0.717) is 0 Å². The van der Waals surface area contributed by atoms with Gasteiger partial charge in [-0.3, -0.25) is 9.30 Å². The number of rotatable bonds is 6. The second-order valence-electron chi connectivity index (χ2n) is 9.65. The Morgan fingerprint density at radius 3 is 2.83 bits per heavy atom. The molecule has 0 atom stereocenters. The maximum absolute atomic E-state index is 4.94. The van der Waals surface area contributed by atoms with Gasteiger partial charge in [-0.2, -0.15) is 0 Å². The van der Waals surface area contributed by atoms with E-state index in [9.17, 15) is 0 Å². The minimum Gasteiger partial charge on any atom is -0.385 e. The van der Waals surface area contributed by atoms with Crippen molar-refractivity contribution in [2.45, 2.75) is 25.9 Å². The van der Waals surface area contributed by atoms with Crippen LogP contribution < -0.4 is 15.1 Å². The van der Waals surface area contributed by atoms with E-state index in [1.54, 1.807) is 0 Å². The number of aryl methyl sites for hydroxylation is 1. The van der Waals surface area contributed by atoms with Gasteiger partial charge in [0.15, 0.2) is 0 Å². The Balaban J connectivity index is 1.17. The van der Waals surface area contributed by atoms with Crippen LogP contribution in [0.4, 0.5) is 17.3 Å². The second-order valence-corrected chi connectivity index (χ2v) is 9.65. The molecule has 9 nitrogen and oxygen atoms in total. The molecule has 1 aromatic carbocycles. The molecule has 9 heteroatoms. The fourth-order valence-corrected chi connectivity index (χ4v) is 5.31. The monoisotopic (exact) mass is 471 g/mol. The Bertz CT molecular complexity index is 1320. The molecule has 1 saturated heterocycles. The average Bonchev–Trinajstić information content (AvgIpc) is 3.49. The van der Waals surface area contributed by atoms with Crippen LogP contribution in [0.2, 0.25) is 0 Å². The van der Waals surface area contributed by atoms with E-state index in [4.69, 9.17) is 9.97 Å². The molecule has 35 heavy (non-hydrogen) atoms. The SMILES string of the molecule is CN(Cc1cn2c(N3CCN(Cc4cncn4C)CC3)nccc2n1)c1cccc2c1CCCN2. The molecule has 0 bridgehead atoms. The molecular formula is C26H33N9. The van der Waals surface area contributed by atoms with E-state index in [1.165, 1.54) is 29.1 Å². The maximum Gasteiger partial charge on any atom is 0.211 e. The maximum atomic E-state index is 4.94. The van der Waals surface area contributed by atoms with Gasteiger partial charge >= 0.3 is 0 Å². The van der Waals surface area contributed by atoms with Gasteiger partial charge in [-0.15, -0.1) is 0 Å². The highest BCUT2D eigenvalue weighted by atomic mass is 15.3. The molecule has 2 aliphatic rings. The summed E-state index contributed by atoms with van der Waals surface area (Å²) >= 11 is 0. The quantitative estimate of drug-likeness (QED) is 0.464. The molecule has 1 N–H and O–H groups in total. The minimum absolute atomic E-state index is 0.760. The molecule has 6 rings (SSSR count). The summed E-state index contributed by atoms with van der Waals surface area (Å²) in [5, 5.41) is 3.54. The van der Waals surface area contributed by atoms with Crippen molar-refractivity contribution < 1.29 is 0 Å². The van der Waals surface area contributed by atoms with Crippen molar-refractivity contribution in [3.8, 4) is 0 Å². The van der Waals surface area contributed by atoms with E-state index in [2.05, 4.69) is 72.5 Å². The summed E-state index contributed by atoms with van der Waals surface area (Å²) in [6, 6.07) is 8.55. The molecule has 0 saturated carbocycles. The summed E-state index contributed by atoms with van der Waals surface area (Å²) < 4.78 is 4.25. The van der Waals surface area contributed by atoms with E-state index in [0.717, 1.165) is 69.5 Å². The van der Waals surface area contributed by atoms with Gasteiger partial charge in [0, 0.05) is 83.3 Å². The van der Waals surface area contributed by atoms with E-state index in [-0.39, 0.29) is 0 Å². The third kappa shape index (κ3) is 4.32. The molecule has 3 aromatic heterocycles. The van der Waals surface area contributed by atoms with Crippen LogP contribution in [0, 0.1) is 0 Å². The van der Waals surface area contributed by atoms with Crippen molar-refractivity contribution in [1.29, 1.82) is 0 Å². The lowest BCUT2D eigenvalue weighted by Gasteiger charge is -2.35. The Morgan fingerprint density at radius 1 is 1.11 bits per heavy atom. The van der Waals surface area contributed by atoms with Crippen molar-refractivity contribution in [2.24, 2.45) is 7.05 Å². The number of anilines is 3. The fraction of sp³-hybridized carbons (Fsp3) is 0.423. The van der Waals surface area contributed by atoms with Crippen LogP contribution in [0.1, 0.15) is 23.4 Å². The van der Waals surface area contributed by atoms with Gasteiger partial charge in [-0.25, -0.2) is 15.0 Å². The topological polar surface area (TPSA) is 69.8 Å². The molecule has 4 aromatic rings. The van der Waals surface area contributed by atoms with Crippen molar-refractivity contribution in [1.82, 2.24) is 28.8 Å². The number of nitrogens with one attached hydrogen (secondary N) is 1. The van der Waals surface area contributed by atoms with Crippen LogP contribution in [0.3, 0.4) is 0 Å². The van der Waals surface area contributed by atoms with E-state index in [1.807, 2.05) is 24.8 Å². The summed E-state index contributed by atoms with van der Waals surface area (Å²) in [5.41, 5.74) is 7.22.